The van der Waals surface area contributed by atoms with Crippen LogP contribution in [-0.4, -0.2) is 11.9 Å². The third-order valence-corrected chi connectivity index (χ3v) is 2.20. The van der Waals surface area contributed by atoms with E-state index in [9.17, 15) is 4.79 Å². The van der Waals surface area contributed by atoms with E-state index in [-0.39, 0.29) is 11.8 Å². The van der Waals surface area contributed by atoms with Gasteiger partial charge in [0.05, 0.1) is 5.92 Å². The first kappa shape index (κ1) is 8.30. The summed E-state index contributed by atoms with van der Waals surface area (Å²) in [6.45, 7) is 0. The fourth-order valence-corrected chi connectivity index (χ4v) is 1.26. The predicted molar refractivity (Wildman–Crippen MR) is 52.1 cm³/mol. The minimum absolute atomic E-state index is 0.0874. The Labute approximate surface area is 78.0 Å². The van der Waals surface area contributed by atoms with E-state index >= 15 is 0 Å². The van der Waals surface area contributed by atoms with Crippen LogP contribution in [0.5, 0.6) is 0 Å². The second-order valence-electron chi connectivity index (χ2n) is 3.46. The highest BCUT2D eigenvalue weighted by molar-refractivity contribution is 5.83. The number of allylic oxidation sites excluding steroid dienone is 4. The number of carbonyl (C=O) groups is 1. The molecule has 1 saturated carbocycles. The molecule has 0 aromatic heterocycles. The molecule has 0 aliphatic heterocycles. The van der Waals surface area contributed by atoms with Gasteiger partial charge in [-0.25, -0.2) is 0 Å². The van der Waals surface area contributed by atoms with Crippen molar-refractivity contribution in [2.45, 2.75) is 18.9 Å². The van der Waals surface area contributed by atoms with Gasteiger partial charge in [0.1, 0.15) is 0 Å². The first-order chi connectivity index (χ1) is 6.36. The molecule has 2 aliphatic rings. The molecular weight excluding hydrogens is 162 g/mol. The van der Waals surface area contributed by atoms with E-state index < -0.39 is 0 Å². The van der Waals surface area contributed by atoms with Crippen LogP contribution in [-0.2, 0) is 4.79 Å². The van der Waals surface area contributed by atoms with Gasteiger partial charge in [0.25, 0.3) is 0 Å². The molecule has 0 heterocycles. The Morgan fingerprint density at radius 2 is 1.69 bits per heavy atom. The van der Waals surface area contributed by atoms with Crippen molar-refractivity contribution in [2.24, 2.45) is 5.92 Å². The Hall–Kier alpha value is -1.31. The molecule has 0 bridgehead atoms. The number of nitrogens with one attached hydrogen (secondary N) is 1. The lowest BCUT2D eigenvalue weighted by Crippen LogP contribution is -2.30. The van der Waals surface area contributed by atoms with Gasteiger partial charge in [-0.3, -0.25) is 4.79 Å². The second kappa shape index (κ2) is 3.60. The lowest BCUT2D eigenvalue weighted by atomic mass is 10.1. The Morgan fingerprint density at radius 1 is 1.08 bits per heavy atom. The summed E-state index contributed by atoms with van der Waals surface area (Å²) in [4.78, 5) is 11.6. The third kappa shape index (κ3) is 2.31. The van der Waals surface area contributed by atoms with Gasteiger partial charge in [0, 0.05) is 6.04 Å². The van der Waals surface area contributed by atoms with Gasteiger partial charge >= 0.3 is 0 Å². The molecule has 2 aliphatic carbocycles. The minimum atomic E-state index is -0.0874. The highest BCUT2D eigenvalue weighted by Crippen LogP contribution is 2.19. The number of amides is 1. The van der Waals surface area contributed by atoms with Crippen molar-refractivity contribution in [2.75, 3.05) is 0 Å². The molecule has 0 radical (unpaired) electrons. The van der Waals surface area contributed by atoms with E-state index in [1.54, 1.807) is 0 Å². The summed E-state index contributed by atoms with van der Waals surface area (Å²) in [7, 11) is 0. The summed E-state index contributed by atoms with van der Waals surface area (Å²) >= 11 is 0. The molecule has 2 nitrogen and oxygen atoms in total. The third-order valence-electron chi connectivity index (χ3n) is 2.20. The zero-order chi connectivity index (χ0) is 9.10. The Morgan fingerprint density at radius 3 is 2.23 bits per heavy atom. The summed E-state index contributed by atoms with van der Waals surface area (Å²) in [6.07, 6.45) is 13.8. The number of hydrogen-bond donors (Lipinski definition) is 1. The van der Waals surface area contributed by atoms with E-state index in [2.05, 4.69) is 5.32 Å². The van der Waals surface area contributed by atoms with Crippen LogP contribution in [0.25, 0.3) is 0 Å². The van der Waals surface area contributed by atoms with Gasteiger partial charge in [-0.1, -0.05) is 36.5 Å². The van der Waals surface area contributed by atoms with E-state index in [1.165, 1.54) is 0 Å². The highest BCUT2D eigenvalue weighted by atomic mass is 16.1. The molecule has 13 heavy (non-hydrogen) atoms. The zero-order valence-corrected chi connectivity index (χ0v) is 7.44. The second-order valence-corrected chi connectivity index (χ2v) is 3.46. The van der Waals surface area contributed by atoms with Crippen LogP contribution in [0.15, 0.2) is 36.5 Å². The first-order valence-electron chi connectivity index (χ1n) is 4.68. The summed E-state index contributed by atoms with van der Waals surface area (Å²) < 4.78 is 0. The number of hydrogen-bond acceptors (Lipinski definition) is 1. The van der Waals surface area contributed by atoms with Gasteiger partial charge in [-0.05, 0) is 12.8 Å². The molecule has 0 aromatic carbocycles. The van der Waals surface area contributed by atoms with Crippen molar-refractivity contribution < 1.29 is 4.79 Å². The maximum Gasteiger partial charge on any atom is 0.230 e. The fourth-order valence-electron chi connectivity index (χ4n) is 1.26. The van der Waals surface area contributed by atoms with Crippen LogP contribution in [0, 0.1) is 5.92 Å². The largest absolute Gasteiger partial charge is 0.353 e. The molecular formula is C11H13NO. The van der Waals surface area contributed by atoms with Gasteiger partial charge in [-0.2, -0.15) is 0 Å². The zero-order valence-electron chi connectivity index (χ0n) is 7.44. The molecule has 2 heteroatoms. The monoisotopic (exact) mass is 175 g/mol. The summed E-state index contributed by atoms with van der Waals surface area (Å²) in [6, 6.07) is 0.450. The molecule has 0 saturated heterocycles. The van der Waals surface area contributed by atoms with Gasteiger partial charge < -0.3 is 5.32 Å². The molecule has 2 rings (SSSR count). The highest BCUT2D eigenvalue weighted by Gasteiger charge is 2.25. The maximum absolute atomic E-state index is 11.6. The van der Waals surface area contributed by atoms with E-state index in [4.69, 9.17) is 0 Å². The van der Waals surface area contributed by atoms with E-state index in [0.717, 1.165) is 12.8 Å². The molecule has 0 unspecified atom stereocenters. The van der Waals surface area contributed by atoms with Crippen molar-refractivity contribution in [3.8, 4) is 0 Å². The first-order valence-corrected chi connectivity index (χ1v) is 4.68. The Balaban J connectivity index is 1.94. The van der Waals surface area contributed by atoms with Gasteiger partial charge in [0.2, 0.25) is 5.91 Å². The average molecular weight is 175 g/mol. The SMILES string of the molecule is O=C(NC1CC1)C1C=CC=CC=C1. The van der Waals surface area contributed by atoms with Crippen LogP contribution >= 0.6 is 0 Å². The number of rotatable bonds is 2. The predicted octanol–water partition coefficient (Wildman–Crippen LogP) is 1.56. The quantitative estimate of drug-likeness (QED) is 0.678. The normalized spacial score (nSPS) is 21.5. The standard InChI is InChI=1S/C11H13NO/c13-11(12-10-7-8-10)9-5-3-1-2-4-6-9/h1-6,9-10H,7-8H2,(H,12,13). The van der Waals surface area contributed by atoms with Crippen LogP contribution in [0.3, 0.4) is 0 Å². The minimum Gasteiger partial charge on any atom is -0.353 e. The van der Waals surface area contributed by atoms with Crippen LogP contribution in [0.1, 0.15) is 12.8 Å². The van der Waals surface area contributed by atoms with Crippen molar-refractivity contribution in [3.05, 3.63) is 36.5 Å². The van der Waals surface area contributed by atoms with Crippen molar-refractivity contribution >= 4 is 5.91 Å². The van der Waals surface area contributed by atoms with Crippen LogP contribution in [0.2, 0.25) is 0 Å². The summed E-state index contributed by atoms with van der Waals surface area (Å²) in [5, 5.41) is 2.98. The molecule has 1 N–H and O–H groups in total. The molecule has 0 aromatic rings. The van der Waals surface area contributed by atoms with Gasteiger partial charge in [-0.15, -0.1) is 0 Å². The Kier molecular flexibility index (Phi) is 2.30. The lowest BCUT2D eigenvalue weighted by Gasteiger charge is -2.07. The number of carbonyl (C=O) groups excluding carboxylic acids is 1. The smallest absolute Gasteiger partial charge is 0.230 e. The van der Waals surface area contributed by atoms with E-state index in [0.29, 0.717) is 6.04 Å². The molecule has 0 spiro atoms. The lowest BCUT2D eigenvalue weighted by molar-refractivity contribution is -0.122. The Bertz CT molecular complexity index is 268. The van der Waals surface area contributed by atoms with Crippen molar-refractivity contribution in [1.82, 2.24) is 5.32 Å². The summed E-state index contributed by atoms with van der Waals surface area (Å²) in [5.74, 6) is 0.0364. The average Bonchev–Trinajstić information content (AvgIpc) is 2.87. The van der Waals surface area contributed by atoms with Crippen molar-refractivity contribution in [1.29, 1.82) is 0 Å². The molecule has 68 valence electrons. The van der Waals surface area contributed by atoms with Gasteiger partial charge in [0.15, 0.2) is 0 Å². The van der Waals surface area contributed by atoms with Crippen LogP contribution in [0.4, 0.5) is 0 Å². The van der Waals surface area contributed by atoms with E-state index in [1.807, 2.05) is 36.5 Å². The topological polar surface area (TPSA) is 29.1 Å². The summed E-state index contributed by atoms with van der Waals surface area (Å²) in [5.41, 5.74) is 0. The van der Waals surface area contributed by atoms with Crippen LogP contribution < -0.4 is 5.32 Å². The molecule has 0 atom stereocenters. The maximum atomic E-state index is 11.6. The molecule has 1 amide bonds. The molecule has 1 fully saturated rings. The van der Waals surface area contributed by atoms with Crippen molar-refractivity contribution in [3.63, 3.8) is 0 Å². The fraction of sp³-hybridized carbons (Fsp3) is 0.364.